The third kappa shape index (κ3) is 5.21. The summed E-state index contributed by atoms with van der Waals surface area (Å²) in [5, 5.41) is 10.5. The summed E-state index contributed by atoms with van der Waals surface area (Å²) >= 11 is 6.97. The summed E-state index contributed by atoms with van der Waals surface area (Å²) < 4.78 is 18.8. The summed E-state index contributed by atoms with van der Waals surface area (Å²) in [5.41, 5.74) is 0.661. The Morgan fingerprint density at radius 1 is 1.23 bits per heavy atom. The lowest BCUT2D eigenvalue weighted by molar-refractivity contribution is -0.113. The summed E-state index contributed by atoms with van der Waals surface area (Å²) in [6.45, 7) is 0.0471. The van der Waals surface area contributed by atoms with E-state index in [9.17, 15) is 9.18 Å². The number of hydrogen-bond acceptors (Lipinski definition) is 5. The summed E-state index contributed by atoms with van der Waals surface area (Å²) in [4.78, 5) is 16.1. The Hall–Kier alpha value is -2.58. The van der Waals surface area contributed by atoms with E-state index in [1.54, 1.807) is 36.4 Å². The van der Waals surface area contributed by atoms with Crippen LogP contribution in [0.3, 0.4) is 0 Å². The molecule has 3 aromatic rings. The smallest absolute Gasteiger partial charge is 0.234 e. The number of para-hydroxylation sites is 1. The first-order valence-electron chi connectivity index (χ1n) is 7.57. The molecule has 0 aliphatic heterocycles. The Bertz CT molecular complexity index is 888. The lowest BCUT2D eigenvalue weighted by Gasteiger charge is -2.04. The van der Waals surface area contributed by atoms with E-state index in [0.717, 1.165) is 0 Å². The van der Waals surface area contributed by atoms with E-state index in [1.807, 2.05) is 0 Å². The highest BCUT2D eigenvalue weighted by Gasteiger charge is 2.09. The van der Waals surface area contributed by atoms with Gasteiger partial charge in [-0.15, -0.1) is 5.10 Å². The Morgan fingerprint density at radius 3 is 2.77 bits per heavy atom. The van der Waals surface area contributed by atoms with Crippen molar-refractivity contribution in [3.8, 4) is 5.75 Å². The molecule has 0 aliphatic rings. The number of halogens is 2. The molecule has 0 unspecified atom stereocenters. The second-order valence-electron chi connectivity index (χ2n) is 5.13. The highest BCUT2D eigenvalue weighted by Crippen LogP contribution is 2.18. The lowest BCUT2D eigenvalue weighted by atomic mass is 10.3. The van der Waals surface area contributed by atoms with Crippen molar-refractivity contribution in [1.29, 1.82) is 0 Å². The van der Waals surface area contributed by atoms with Gasteiger partial charge in [0.2, 0.25) is 11.1 Å². The number of nitrogens with zero attached hydrogens (tertiary/aromatic N) is 2. The molecule has 0 radical (unpaired) electrons. The van der Waals surface area contributed by atoms with Crippen molar-refractivity contribution in [3.05, 3.63) is 65.2 Å². The number of ether oxygens (including phenoxy) is 1. The van der Waals surface area contributed by atoms with Gasteiger partial charge >= 0.3 is 0 Å². The number of aromatic nitrogens is 3. The second-order valence-corrected chi connectivity index (χ2v) is 6.51. The number of thioether (sulfide) groups is 1. The van der Waals surface area contributed by atoms with E-state index in [1.165, 1.54) is 23.9 Å². The van der Waals surface area contributed by atoms with E-state index in [4.69, 9.17) is 16.3 Å². The Balaban J connectivity index is 1.46. The zero-order valence-electron chi connectivity index (χ0n) is 13.4. The number of nitrogens with one attached hydrogen (secondary N) is 2. The van der Waals surface area contributed by atoms with Crippen molar-refractivity contribution in [3.63, 3.8) is 0 Å². The van der Waals surface area contributed by atoms with E-state index < -0.39 is 5.82 Å². The quantitative estimate of drug-likeness (QED) is 0.596. The molecule has 6 nitrogen and oxygen atoms in total. The second kappa shape index (κ2) is 8.68. The average molecular weight is 393 g/mol. The first-order valence-corrected chi connectivity index (χ1v) is 8.93. The fourth-order valence-electron chi connectivity index (χ4n) is 1.98. The van der Waals surface area contributed by atoms with Crippen LogP contribution in [0.2, 0.25) is 5.02 Å². The topological polar surface area (TPSA) is 79.9 Å². The maximum absolute atomic E-state index is 13.5. The first kappa shape index (κ1) is 18.2. The number of H-pyrrole nitrogens is 1. The molecule has 1 aromatic heterocycles. The monoisotopic (exact) mass is 392 g/mol. The van der Waals surface area contributed by atoms with Gasteiger partial charge in [0.25, 0.3) is 0 Å². The lowest BCUT2D eigenvalue weighted by Crippen LogP contribution is -2.13. The third-order valence-corrected chi connectivity index (χ3v) is 4.27. The van der Waals surface area contributed by atoms with Gasteiger partial charge in [-0.3, -0.25) is 9.89 Å². The number of benzene rings is 2. The minimum Gasteiger partial charge on any atom is -0.483 e. The number of rotatable bonds is 7. The number of aromatic amines is 1. The molecule has 26 heavy (non-hydrogen) atoms. The number of carbonyl (C=O) groups excluding carboxylic acids is 1. The van der Waals surface area contributed by atoms with Gasteiger partial charge in [-0.1, -0.05) is 35.5 Å². The summed E-state index contributed by atoms with van der Waals surface area (Å²) in [5.74, 6) is 0.0924. The number of anilines is 1. The van der Waals surface area contributed by atoms with Crippen LogP contribution in [0.1, 0.15) is 5.82 Å². The van der Waals surface area contributed by atoms with E-state index >= 15 is 0 Å². The largest absolute Gasteiger partial charge is 0.483 e. The highest BCUT2D eigenvalue weighted by molar-refractivity contribution is 7.99. The molecule has 0 fully saturated rings. The van der Waals surface area contributed by atoms with Crippen molar-refractivity contribution in [2.45, 2.75) is 11.8 Å². The Morgan fingerprint density at radius 2 is 2.00 bits per heavy atom. The minimum atomic E-state index is -0.444. The number of amides is 1. The fraction of sp³-hybridized carbons (Fsp3) is 0.118. The van der Waals surface area contributed by atoms with Crippen LogP contribution in [-0.4, -0.2) is 26.8 Å². The van der Waals surface area contributed by atoms with Gasteiger partial charge in [0.1, 0.15) is 6.61 Å². The predicted octanol–water partition coefficient (Wildman–Crippen LogP) is 3.91. The SMILES string of the molecule is O=C(CSc1n[nH]c(COc2ccccc2F)n1)Nc1ccc(Cl)cc1. The van der Waals surface area contributed by atoms with Gasteiger partial charge in [0.15, 0.2) is 17.4 Å². The molecular formula is C17H14ClFN4O2S. The molecule has 0 bridgehead atoms. The van der Waals surface area contributed by atoms with Gasteiger partial charge in [-0.05, 0) is 36.4 Å². The van der Waals surface area contributed by atoms with Gasteiger partial charge in [0.05, 0.1) is 5.75 Å². The standard InChI is InChI=1S/C17H14ClFN4O2S/c18-11-5-7-12(8-6-11)20-16(24)10-26-17-21-15(22-23-17)9-25-14-4-2-1-3-13(14)19/h1-8H,9-10H2,(H,20,24)(H,21,22,23). The number of hydrogen-bond donors (Lipinski definition) is 2. The third-order valence-electron chi connectivity index (χ3n) is 3.17. The molecule has 3 rings (SSSR count). The highest BCUT2D eigenvalue weighted by atomic mass is 35.5. The Labute approximate surface area is 158 Å². The van der Waals surface area contributed by atoms with Crippen molar-refractivity contribution in [2.75, 3.05) is 11.1 Å². The molecule has 134 valence electrons. The molecule has 0 atom stereocenters. The van der Waals surface area contributed by atoms with Gasteiger partial charge in [-0.25, -0.2) is 9.37 Å². The summed E-state index contributed by atoms with van der Waals surface area (Å²) in [6.07, 6.45) is 0. The minimum absolute atomic E-state index is 0.0471. The first-order chi connectivity index (χ1) is 12.6. The molecule has 1 amide bonds. The summed E-state index contributed by atoms with van der Waals surface area (Å²) in [7, 11) is 0. The van der Waals surface area contributed by atoms with E-state index in [0.29, 0.717) is 21.7 Å². The molecule has 2 aromatic carbocycles. The molecular weight excluding hydrogens is 379 g/mol. The van der Waals surface area contributed by atoms with Crippen molar-refractivity contribution < 1.29 is 13.9 Å². The van der Waals surface area contributed by atoms with E-state index in [-0.39, 0.29) is 24.0 Å². The van der Waals surface area contributed by atoms with Crippen LogP contribution in [0.25, 0.3) is 0 Å². The van der Waals surface area contributed by atoms with Crippen LogP contribution in [0.15, 0.2) is 53.7 Å². The van der Waals surface area contributed by atoms with Crippen LogP contribution in [0, 0.1) is 5.82 Å². The van der Waals surface area contributed by atoms with Gasteiger partial charge in [-0.2, -0.15) is 0 Å². The van der Waals surface area contributed by atoms with Crippen molar-refractivity contribution >= 4 is 35.0 Å². The average Bonchev–Trinajstić information content (AvgIpc) is 3.09. The fourth-order valence-corrected chi connectivity index (χ4v) is 2.72. The molecule has 0 aliphatic carbocycles. The number of carbonyl (C=O) groups is 1. The predicted molar refractivity (Wildman–Crippen MR) is 97.9 cm³/mol. The van der Waals surface area contributed by atoms with Crippen LogP contribution in [-0.2, 0) is 11.4 Å². The van der Waals surface area contributed by atoms with Crippen molar-refractivity contribution in [1.82, 2.24) is 15.2 Å². The molecule has 0 saturated heterocycles. The maximum atomic E-state index is 13.5. The van der Waals surface area contributed by atoms with Crippen molar-refractivity contribution in [2.24, 2.45) is 0 Å². The molecule has 2 N–H and O–H groups in total. The Kier molecular flexibility index (Phi) is 6.08. The summed E-state index contributed by atoms with van der Waals surface area (Å²) in [6, 6.07) is 12.9. The van der Waals surface area contributed by atoms with Crippen LogP contribution < -0.4 is 10.1 Å². The van der Waals surface area contributed by atoms with Crippen LogP contribution >= 0.6 is 23.4 Å². The normalized spacial score (nSPS) is 10.5. The van der Waals surface area contributed by atoms with Crippen LogP contribution in [0.5, 0.6) is 5.75 Å². The van der Waals surface area contributed by atoms with E-state index in [2.05, 4.69) is 20.5 Å². The zero-order valence-corrected chi connectivity index (χ0v) is 15.0. The molecule has 0 spiro atoms. The molecule has 1 heterocycles. The maximum Gasteiger partial charge on any atom is 0.234 e. The van der Waals surface area contributed by atoms with Crippen LogP contribution in [0.4, 0.5) is 10.1 Å². The van der Waals surface area contributed by atoms with Gasteiger partial charge in [0, 0.05) is 10.7 Å². The van der Waals surface area contributed by atoms with Gasteiger partial charge < -0.3 is 10.1 Å². The zero-order chi connectivity index (χ0) is 18.4. The molecule has 0 saturated carbocycles. The molecule has 9 heteroatoms.